The van der Waals surface area contributed by atoms with Gasteiger partial charge in [0.25, 0.3) is 0 Å². The van der Waals surface area contributed by atoms with Crippen molar-refractivity contribution in [1.82, 2.24) is 0 Å². The van der Waals surface area contributed by atoms with Gasteiger partial charge in [-0.1, -0.05) is 67.0 Å². The smallest absolute Gasteiger partial charge is 0.302 e. The number of hydrogen-bond donors (Lipinski definition) is 0. The van der Waals surface area contributed by atoms with Crippen LogP contribution < -0.4 is 0 Å². The van der Waals surface area contributed by atoms with Crippen molar-refractivity contribution in [3.63, 3.8) is 0 Å². The van der Waals surface area contributed by atoms with Crippen LogP contribution in [0.5, 0.6) is 0 Å². The third-order valence-electron chi connectivity index (χ3n) is 13.3. The van der Waals surface area contributed by atoms with Gasteiger partial charge in [-0.15, -0.1) is 0 Å². The predicted octanol–water partition coefficient (Wildman–Crippen LogP) is 8.60. The molecule has 5 aliphatic carbocycles. The van der Waals surface area contributed by atoms with Crippen LogP contribution >= 0.6 is 0 Å². The Hall–Kier alpha value is -0.790. The largest absolute Gasteiger partial charge is 0.462 e. The molecule has 0 aromatic carbocycles. The van der Waals surface area contributed by atoms with E-state index >= 15 is 0 Å². The third kappa shape index (κ3) is 3.08. The lowest BCUT2D eigenvalue weighted by molar-refractivity contribution is -0.181. The summed E-state index contributed by atoms with van der Waals surface area (Å²) in [6, 6.07) is 0. The molecule has 0 saturated heterocycles. The van der Waals surface area contributed by atoms with Crippen molar-refractivity contribution in [2.75, 3.05) is 0 Å². The van der Waals surface area contributed by atoms with Gasteiger partial charge >= 0.3 is 5.97 Å². The molecule has 4 fully saturated rings. The molecule has 34 heavy (non-hydrogen) atoms. The van der Waals surface area contributed by atoms with Crippen molar-refractivity contribution < 1.29 is 9.53 Å². The van der Waals surface area contributed by atoms with Crippen molar-refractivity contribution in [3.05, 3.63) is 11.6 Å². The summed E-state index contributed by atoms with van der Waals surface area (Å²) in [6.07, 6.45) is 14.6. The predicted molar refractivity (Wildman–Crippen MR) is 140 cm³/mol. The molecule has 9 atom stereocenters. The monoisotopic (exact) mass is 468 g/mol. The van der Waals surface area contributed by atoms with Gasteiger partial charge in [-0.3, -0.25) is 4.79 Å². The summed E-state index contributed by atoms with van der Waals surface area (Å²) in [5, 5.41) is 0. The zero-order chi connectivity index (χ0) is 24.9. The average molecular weight is 469 g/mol. The molecule has 0 aromatic rings. The maximum absolute atomic E-state index is 11.9. The lowest BCUT2D eigenvalue weighted by Gasteiger charge is -2.69. The van der Waals surface area contributed by atoms with Crippen LogP contribution in [0.2, 0.25) is 0 Å². The minimum Gasteiger partial charge on any atom is -0.462 e. The molecule has 5 rings (SSSR count). The number of carbonyl (C=O) groups excluding carboxylic acids is 1. The number of rotatable bonds is 2. The molecular weight excluding hydrogens is 416 g/mol. The summed E-state index contributed by atoms with van der Waals surface area (Å²) in [5.74, 6) is 3.72. The second-order valence-electron chi connectivity index (χ2n) is 15.3. The van der Waals surface area contributed by atoms with Crippen molar-refractivity contribution in [3.8, 4) is 0 Å². The fourth-order valence-electron chi connectivity index (χ4n) is 11.4. The molecule has 0 N–H and O–H groups in total. The Labute approximate surface area is 210 Å². The van der Waals surface area contributed by atoms with Gasteiger partial charge in [-0.05, 0) is 109 Å². The highest BCUT2D eigenvalue weighted by atomic mass is 16.5. The number of esters is 1. The maximum Gasteiger partial charge on any atom is 0.302 e. The van der Waals surface area contributed by atoms with Gasteiger partial charge in [0.15, 0.2) is 0 Å². The number of carbonyl (C=O) groups is 1. The zero-order valence-corrected chi connectivity index (χ0v) is 23.7. The van der Waals surface area contributed by atoms with Crippen LogP contribution in [0.3, 0.4) is 0 Å². The van der Waals surface area contributed by atoms with Crippen molar-refractivity contribution >= 4 is 5.97 Å². The molecule has 0 amide bonds. The minimum atomic E-state index is -0.115. The average Bonchev–Trinajstić information content (AvgIpc) is 3.10. The van der Waals surface area contributed by atoms with Crippen molar-refractivity contribution in [1.29, 1.82) is 0 Å². The van der Waals surface area contributed by atoms with E-state index in [1.807, 2.05) is 5.57 Å². The molecule has 0 heterocycles. The third-order valence-corrected chi connectivity index (χ3v) is 13.3. The highest BCUT2D eigenvalue weighted by molar-refractivity contribution is 5.66. The molecule has 5 unspecified atom stereocenters. The summed E-state index contributed by atoms with van der Waals surface area (Å²) in [5.41, 5.74) is 3.49. The number of hydrogen-bond acceptors (Lipinski definition) is 2. The number of allylic oxidation sites excluding steroid dienone is 2. The van der Waals surface area contributed by atoms with Gasteiger partial charge in [-0.25, -0.2) is 0 Å². The first kappa shape index (κ1) is 24.9. The van der Waals surface area contributed by atoms with Crippen LogP contribution in [0.15, 0.2) is 11.6 Å². The Morgan fingerprint density at radius 1 is 0.941 bits per heavy atom. The van der Waals surface area contributed by atoms with Gasteiger partial charge in [0.05, 0.1) is 0 Å². The topological polar surface area (TPSA) is 26.3 Å². The van der Waals surface area contributed by atoms with E-state index < -0.39 is 0 Å². The van der Waals surface area contributed by atoms with Crippen LogP contribution in [-0.4, -0.2) is 12.1 Å². The number of ether oxygens (including phenoxy) is 1. The second-order valence-corrected chi connectivity index (χ2v) is 15.3. The Morgan fingerprint density at radius 2 is 1.65 bits per heavy atom. The summed E-state index contributed by atoms with van der Waals surface area (Å²) in [6.45, 7) is 22.0. The molecule has 192 valence electrons. The van der Waals surface area contributed by atoms with E-state index in [1.54, 1.807) is 6.92 Å². The molecule has 4 saturated carbocycles. The fraction of sp³-hybridized carbons (Fsp3) is 0.906. The van der Waals surface area contributed by atoms with Crippen LogP contribution in [-0.2, 0) is 9.53 Å². The lowest BCUT2D eigenvalue weighted by atomic mass is 9.35. The van der Waals surface area contributed by atoms with E-state index in [0.29, 0.717) is 33.5 Å². The quantitative estimate of drug-likeness (QED) is 0.299. The van der Waals surface area contributed by atoms with E-state index in [4.69, 9.17) is 4.74 Å². The maximum atomic E-state index is 11.9. The van der Waals surface area contributed by atoms with Crippen LogP contribution in [0, 0.1) is 56.7 Å². The lowest BCUT2D eigenvalue weighted by Crippen LogP contribution is -2.62. The molecule has 2 heteroatoms. The molecule has 0 bridgehead atoms. The normalized spacial score (nSPS) is 51.6. The first-order valence-corrected chi connectivity index (χ1v) is 14.6. The number of fused-ring (bicyclic) bond motifs is 7. The molecule has 0 aliphatic heterocycles. The highest BCUT2D eigenvalue weighted by Crippen LogP contribution is 2.76. The van der Waals surface area contributed by atoms with E-state index in [2.05, 4.69) is 61.5 Å². The zero-order valence-electron chi connectivity index (χ0n) is 23.7. The Morgan fingerprint density at radius 3 is 2.29 bits per heavy atom. The van der Waals surface area contributed by atoms with Gasteiger partial charge in [-0.2, -0.15) is 0 Å². The molecule has 5 aliphatic rings. The first-order valence-electron chi connectivity index (χ1n) is 14.6. The van der Waals surface area contributed by atoms with E-state index in [1.165, 1.54) is 44.9 Å². The molecular formula is C32H52O2. The SMILES string of the molecule is CC(=O)O[C@H]1CC[C@]2(C)C3CCC4(C)C5C(C(C)C)CC[C@]5(C)CC[C@]4(C)C3=CCC2C1(C)C. The highest BCUT2D eigenvalue weighted by Gasteiger charge is 2.68. The Bertz CT molecular complexity index is 883. The summed E-state index contributed by atoms with van der Waals surface area (Å²) in [7, 11) is 0. The fourth-order valence-corrected chi connectivity index (χ4v) is 11.4. The van der Waals surface area contributed by atoms with Gasteiger partial charge in [0.1, 0.15) is 6.10 Å². The Balaban J connectivity index is 1.54. The molecule has 0 aromatic heterocycles. The summed E-state index contributed by atoms with van der Waals surface area (Å²) in [4.78, 5) is 11.9. The minimum absolute atomic E-state index is 0.0294. The van der Waals surface area contributed by atoms with E-state index in [9.17, 15) is 4.79 Å². The van der Waals surface area contributed by atoms with Gasteiger partial charge in [0, 0.05) is 12.3 Å². The summed E-state index contributed by atoms with van der Waals surface area (Å²) < 4.78 is 5.89. The van der Waals surface area contributed by atoms with Crippen molar-refractivity contribution in [2.24, 2.45) is 56.7 Å². The van der Waals surface area contributed by atoms with Crippen LogP contribution in [0.25, 0.3) is 0 Å². The van der Waals surface area contributed by atoms with Crippen LogP contribution in [0.1, 0.15) is 120 Å². The van der Waals surface area contributed by atoms with Crippen molar-refractivity contribution in [2.45, 2.75) is 126 Å². The van der Waals surface area contributed by atoms with Gasteiger partial charge in [0.2, 0.25) is 0 Å². The molecule has 2 nitrogen and oxygen atoms in total. The molecule has 0 radical (unpaired) electrons. The Kier molecular flexibility index (Phi) is 5.57. The second kappa shape index (κ2) is 7.61. The van der Waals surface area contributed by atoms with E-state index in [-0.39, 0.29) is 17.5 Å². The standard InChI is InChI=1S/C32H52O2/c1-20(2)22-12-15-29(6)18-19-31(8)24-10-11-25-28(4,5)26(34-21(3)33)14-16-30(25,7)23(24)13-17-32(31,9)27(22)29/h10,20,22-23,25-27H,11-19H2,1-9H3/t22?,23?,25?,26-,27?,29+,30+,31+,32?/m0/s1. The van der Waals surface area contributed by atoms with Gasteiger partial charge < -0.3 is 4.74 Å². The first-order chi connectivity index (χ1) is 15.7. The molecule has 0 spiro atoms. The summed E-state index contributed by atoms with van der Waals surface area (Å²) >= 11 is 0. The van der Waals surface area contributed by atoms with Crippen LogP contribution in [0.4, 0.5) is 0 Å². The van der Waals surface area contributed by atoms with E-state index in [0.717, 1.165) is 30.6 Å².